The largest absolute Gasteiger partial charge is 0.395 e. The fourth-order valence-electron chi connectivity index (χ4n) is 0.993. The monoisotopic (exact) mass is 212 g/mol. The van der Waals surface area contributed by atoms with Crippen molar-refractivity contribution in [1.82, 2.24) is 9.97 Å². The molecule has 6 heteroatoms. The maximum absolute atomic E-state index is 5.81. The van der Waals surface area contributed by atoms with Gasteiger partial charge in [0.05, 0.1) is 5.69 Å². The first kappa shape index (κ1) is 11.1. The van der Waals surface area contributed by atoms with Gasteiger partial charge in [0.15, 0.2) is 13.7 Å². The van der Waals surface area contributed by atoms with Gasteiger partial charge in [-0.05, 0) is 24.9 Å². The molecule has 76 valence electrons. The van der Waals surface area contributed by atoms with Crippen LogP contribution in [0.1, 0.15) is 20.3 Å². The SMILES string of the molecule is Bc1nc(Cl)nc(N[C@H](C)CC)c1N. The van der Waals surface area contributed by atoms with Gasteiger partial charge >= 0.3 is 0 Å². The van der Waals surface area contributed by atoms with E-state index >= 15 is 0 Å². The molecule has 0 aliphatic rings. The number of halogens is 1. The molecule has 0 aliphatic carbocycles. The van der Waals surface area contributed by atoms with Crippen LogP contribution in [0, 0.1) is 0 Å². The lowest BCUT2D eigenvalue weighted by Crippen LogP contribution is -2.22. The summed E-state index contributed by atoms with van der Waals surface area (Å²) in [6, 6.07) is 0.322. The zero-order valence-corrected chi connectivity index (χ0v) is 9.39. The van der Waals surface area contributed by atoms with Gasteiger partial charge in [-0.15, -0.1) is 0 Å². The minimum atomic E-state index is 0.225. The van der Waals surface area contributed by atoms with Crippen molar-refractivity contribution < 1.29 is 0 Å². The first-order valence-electron chi connectivity index (χ1n) is 4.60. The van der Waals surface area contributed by atoms with Gasteiger partial charge in [-0.3, -0.25) is 0 Å². The Morgan fingerprint density at radius 2 is 2.21 bits per heavy atom. The Morgan fingerprint density at radius 3 is 2.79 bits per heavy atom. The Labute approximate surface area is 89.7 Å². The van der Waals surface area contributed by atoms with Gasteiger partial charge in [-0.25, -0.2) is 4.98 Å². The second kappa shape index (κ2) is 4.51. The lowest BCUT2D eigenvalue weighted by Gasteiger charge is -2.14. The third-order valence-electron chi connectivity index (χ3n) is 2.10. The molecule has 0 aromatic carbocycles. The summed E-state index contributed by atoms with van der Waals surface area (Å²) < 4.78 is 0. The fraction of sp³-hybridized carbons (Fsp3) is 0.500. The zero-order valence-electron chi connectivity index (χ0n) is 8.63. The number of rotatable bonds is 3. The highest BCUT2D eigenvalue weighted by atomic mass is 35.5. The van der Waals surface area contributed by atoms with Gasteiger partial charge in [0.25, 0.3) is 0 Å². The molecule has 0 amide bonds. The number of aromatic nitrogens is 2. The molecule has 3 N–H and O–H groups in total. The Hall–Kier alpha value is -0.965. The number of anilines is 2. The third-order valence-corrected chi connectivity index (χ3v) is 2.27. The van der Waals surface area contributed by atoms with Crippen LogP contribution in [0.3, 0.4) is 0 Å². The van der Waals surface area contributed by atoms with Gasteiger partial charge in [0, 0.05) is 11.6 Å². The Bertz CT molecular complexity index is 331. The average Bonchev–Trinajstić information content (AvgIpc) is 2.13. The summed E-state index contributed by atoms with van der Waals surface area (Å²) in [6.45, 7) is 4.15. The van der Waals surface area contributed by atoms with Gasteiger partial charge in [-0.2, -0.15) is 4.98 Å². The highest BCUT2D eigenvalue weighted by Crippen LogP contribution is 2.15. The van der Waals surface area contributed by atoms with E-state index in [4.69, 9.17) is 17.3 Å². The lowest BCUT2D eigenvalue weighted by molar-refractivity contribution is 0.759. The number of nitrogens with two attached hydrogens (primary N) is 1. The second-order valence-electron chi connectivity index (χ2n) is 3.29. The maximum Gasteiger partial charge on any atom is 0.223 e. The molecule has 0 fully saturated rings. The van der Waals surface area contributed by atoms with Crippen LogP contribution in [0.15, 0.2) is 0 Å². The quantitative estimate of drug-likeness (QED) is 0.554. The van der Waals surface area contributed by atoms with Crippen molar-refractivity contribution in [3.05, 3.63) is 5.28 Å². The van der Waals surface area contributed by atoms with Crippen LogP contribution in [0.4, 0.5) is 11.5 Å². The van der Waals surface area contributed by atoms with E-state index in [-0.39, 0.29) is 5.28 Å². The van der Waals surface area contributed by atoms with E-state index in [1.165, 1.54) is 0 Å². The first-order chi connectivity index (χ1) is 6.54. The van der Waals surface area contributed by atoms with Crippen LogP contribution in [0.5, 0.6) is 0 Å². The summed E-state index contributed by atoms with van der Waals surface area (Å²) in [6.07, 6.45) is 1.00. The summed E-state index contributed by atoms with van der Waals surface area (Å²) in [5, 5.41) is 3.41. The molecule has 0 saturated heterocycles. The normalized spacial score (nSPS) is 12.5. The van der Waals surface area contributed by atoms with E-state index in [0.717, 1.165) is 6.42 Å². The number of nitrogens with one attached hydrogen (secondary N) is 1. The summed E-state index contributed by atoms with van der Waals surface area (Å²) in [7, 11) is 1.81. The van der Waals surface area contributed by atoms with Crippen LogP contribution in [0.2, 0.25) is 5.28 Å². The second-order valence-corrected chi connectivity index (χ2v) is 3.63. The Morgan fingerprint density at radius 1 is 1.57 bits per heavy atom. The molecule has 4 nitrogen and oxygen atoms in total. The summed E-state index contributed by atoms with van der Waals surface area (Å²) >= 11 is 5.73. The van der Waals surface area contributed by atoms with Crippen molar-refractivity contribution in [2.24, 2.45) is 0 Å². The van der Waals surface area contributed by atoms with Crippen molar-refractivity contribution in [2.75, 3.05) is 11.1 Å². The van der Waals surface area contributed by atoms with Crippen LogP contribution in [0.25, 0.3) is 0 Å². The van der Waals surface area contributed by atoms with Gasteiger partial charge in [0.1, 0.15) is 0 Å². The topological polar surface area (TPSA) is 63.8 Å². The van der Waals surface area contributed by atoms with Crippen LogP contribution in [-0.2, 0) is 0 Å². The fourth-order valence-corrected chi connectivity index (χ4v) is 1.20. The van der Waals surface area contributed by atoms with Crippen molar-refractivity contribution in [3.8, 4) is 0 Å². The molecule has 1 aromatic heterocycles. The average molecular weight is 212 g/mol. The van der Waals surface area contributed by atoms with E-state index in [0.29, 0.717) is 23.1 Å². The van der Waals surface area contributed by atoms with Gasteiger partial charge in [-0.1, -0.05) is 6.92 Å². The molecule has 0 saturated carbocycles. The molecule has 1 heterocycles. The van der Waals surface area contributed by atoms with E-state index in [1.54, 1.807) is 0 Å². The number of nitrogen functional groups attached to an aromatic ring is 1. The maximum atomic E-state index is 5.81. The summed E-state index contributed by atoms with van der Waals surface area (Å²) in [4.78, 5) is 8.00. The molecule has 1 aromatic rings. The predicted octanol–water partition coefficient (Wildman–Crippen LogP) is 0.181. The molecule has 0 aliphatic heterocycles. The van der Waals surface area contributed by atoms with Gasteiger partial charge in [0.2, 0.25) is 5.28 Å². The third kappa shape index (κ3) is 2.51. The predicted molar refractivity (Wildman–Crippen MR) is 63.0 cm³/mol. The highest BCUT2D eigenvalue weighted by Gasteiger charge is 2.08. The number of nitrogens with zero attached hydrogens (tertiary/aromatic N) is 2. The number of hydrogen-bond acceptors (Lipinski definition) is 4. The Kier molecular flexibility index (Phi) is 3.58. The standard InChI is InChI=1S/C8H14BClN4/c1-3-4(2)12-7-5(11)6(9)13-8(10)14-7/h4H,3,9,11H2,1-2H3,(H,12,13,14)/t4-/m1/s1. The van der Waals surface area contributed by atoms with Crippen molar-refractivity contribution in [3.63, 3.8) is 0 Å². The molecule has 1 atom stereocenters. The zero-order chi connectivity index (χ0) is 10.7. The van der Waals surface area contributed by atoms with Crippen LogP contribution < -0.4 is 16.6 Å². The molecule has 0 unspecified atom stereocenters. The van der Waals surface area contributed by atoms with Crippen molar-refractivity contribution in [1.29, 1.82) is 0 Å². The van der Waals surface area contributed by atoms with E-state index < -0.39 is 0 Å². The molecule has 1 rings (SSSR count). The van der Waals surface area contributed by atoms with Crippen molar-refractivity contribution >= 4 is 36.5 Å². The molecular weight excluding hydrogens is 198 g/mol. The molecule has 0 radical (unpaired) electrons. The number of hydrogen-bond donors (Lipinski definition) is 2. The minimum Gasteiger partial charge on any atom is -0.395 e. The molecular formula is C8H14BClN4. The van der Waals surface area contributed by atoms with Crippen LogP contribution in [-0.4, -0.2) is 23.9 Å². The van der Waals surface area contributed by atoms with Gasteiger partial charge < -0.3 is 11.1 Å². The minimum absolute atomic E-state index is 0.225. The highest BCUT2D eigenvalue weighted by molar-refractivity contribution is 6.36. The lowest BCUT2D eigenvalue weighted by atomic mass is 10.0. The smallest absolute Gasteiger partial charge is 0.223 e. The Balaban J connectivity index is 2.96. The summed E-state index contributed by atoms with van der Waals surface area (Å²) in [5.41, 5.74) is 7.08. The van der Waals surface area contributed by atoms with Crippen molar-refractivity contribution in [2.45, 2.75) is 26.3 Å². The van der Waals surface area contributed by atoms with Crippen LogP contribution >= 0.6 is 11.6 Å². The van der Waals surface area contributed by atoms with E-state index in [2.05, 4.69) is 29.1 Å². The molecule has 0 bridgehead atoms. The molecule has 0 spiro atoms. The van der Waals surface area contributed by atoms with E-state index in [9.17, 15) is 0 Å². The molecule has 14 heavy (non-hydrogen) atoms. The first-order valence-corrected chi connectivity index (χ1v) is 4.98. The summed E-state index contributed by atoms with van der Waals surface area (Å²) in [5.74, 6) is 0.622. The van der Waals surface area contributed by atoms with E-state index in [1.807, 2.05) is 7.85 Å².